The first kappa shape index (κ1) is 15.6. The van der Waals surface area contributed by atoms with Crippen molar-refractivity contribution in [3.05, 3.63) is 40.7 Å². The molecule has 22 heavy (non-hydrogen) atoms. The van der Waals surface area contributed by atoms with Crippen LogP contribution in [0.4, 0.5) is 11.4 Å². The summed E-state index contributed by atoms with van der Waals surface area (Å²) in [7, 11) is -3.56. The minimum Gasteiger partial charge on any atom is -0.372 e. The highest BCUT2D eigenvalue weighted by Crippen LogP contribution is 2.28. The number of hydrogen-bond acceptors (Lipinski definition) is 4. The molecular weight excluding hydrogens is 340 g/mol. The van der Waals surface area contributed by atoms with Crippen molar-refractivity contribution in [2.75, 3.05) is 22.7 Å². The second-order valence-electron chi connectivity index (χ2n) is 5.26. The summed E-state index contributed by atoms with van der Waals surface area (Å²) in [6.45, 7) is 2.14. The third kappa shape index (κ3) is 3.56. The second-order valence-corrected chi connectivity index (χ2v) is 8.88. The molecule has 0 atom stereocenters. The molecule has 0 amide bonds. The van der Waals surface area contributed by atoms with E-state index >= 15 is 0 Å². The number of nitrogens with zero attached hydrogens (tertiary/aromatic N) is 1. The highest BCUT2D eigenvalue weighted by atomic mass is 35.5. The quantitative estimate of drug-likeness (QED) is 0.893. The third-order valence-corrected chi connectivity index (χ3v) is 6.76. The molecule has 0 radical (unpaired) electrons. The van der Waals surface area contributed by atoms with Gasteiger partial charge in [-0.2, -0.15) is 0 Å². The van der Waals surface area contributed by atoms with Gasteiger partial charge in [-0.3, -0.25) is 4.72 Å². The predicted molar refractivity (Wildman–Crippen MR) is 92.6 cm³/mol. The van der Waals surface area contributed by atoms with E-state index in [1.807, 2.05) is 12.1 Å². The molecule has 0 aliphatic carbocycles. The summed E-state index contributed by atoms with van der Waals surface area (Å²) in [6.07, 6.45) is 3.72. The Morgan fingerprint density at radius 2 is 1.68 bits per heavy atom. The summed E-state index contributed by atoms with van der Waals surface area (Å²) in [5, 5.41) is 0. The molecule has 1 fully saturated rings. The molecule has 1 aromatic heterocycles. The zero-order valence-electron chi connectivity index (χ0n) is 12.0. The Kier molecular flexibility index (Phi) is 4.61. The van der Waals surface area contributed by atoms with Crippen molar-refractivity contribution >= 4 is 44.3 Å². The van der Waals surface area contributed by atoms with Crippen LogP contribution in [0.15, 0.2) is 40.6 Å². The monoisotopic (exact) mass is 356 g/mol. The number of piperidine rings is 1. The number of benzene rings is 1. The van der Waals surface area contributed by atoms with Crippen LogP contribution in [0.1, 0.15) is 19.3 Å². The topological polar surface area (TPSA) is 49.4 Å². The van der Waals surface area contributed by atoms with Gasteiger partial charge in [0.15, 0.2) is 0 Å². The Morgan fingerprint density at radius 3 is 2.27 bits per heavy atom. The van der Waals surface area contributed by atoms with Crippen LogP contribution in [-0.4, -0.2) is 21.5 Å². The number of thiophene rings is 1. The highest BCUT2D eigenvalue weighted by Gasteiger charge is 2.17. The Labute approximate surface area is 139 Å². The number of hydrogen-bond donors (Lipinski definition) is 1. The summed E-state index contributed by atoms with van der Waals surface area (Å²) in [4.78, 5) is 2.33. The first-order chi connectivity index (χ1) is 10.5. The van der Waals surface area contributed by atoms with Crippen molar-refractivity contribution in [2.24, 2.45) is 0 Å². The van der Waals surface area contributed by atoms with E-state index < -0.39 is 10.0 Å². The lowest BCUT2D eigenvalue weighted by atomic mass is 10.1. The SMILES string of the molecule is O=S(=O)(Nc1ccc(N2CCCCC2)cc1)c1ccc(Cl)s1. The van der Waals surface area contributed by atoms with Crippen LogP contribution in [0.25, 0.3) is 0 Å². The predicted octanol–water partition coefficient (Wildman–Crippen LogP) is 4.19. The summed E-state index contributed by atoms with van der Waals surface area (Å²) >= 11 is 6.84. The van der Waals surface area contributed by atoms with Crippen LogP contribution in [-0.2, 0) is 10.0 Å². The van der Waals surface area contributed by atoms with Crippen LogP contribution in [0.5, 0.6) is 0 Å². The van der Waals surface area contributed by atoms with Gasteiger partial charge in [0.05, 0.1) is 4.34 Å². The van der Waals surface area contributed by atoms with Gasteiger partial charge in [-0.25, -0.2) is 8.42 Å². The Morgan fingerprint density at radius 1 is 1.00 bits per heavy atom. The third-order valence-electron chi connectivity index (χ3n) is 3.65. The smallest absolute Gasteiger partial charge is 0.271 e. The van der Waals surface area contributed by atoms with Crippen LogP contribution in [0.3, 0.4) is 0 Å². The molecule has 1 aliphatic heterocycles. The highest BCUT2D eigenvalue weighted by molar-refractivity contribution is 7.94. The molecule has 0 bridgehead atoms. The number of nitrogens with one attached hydrogen (secondary N) is 1. The maximum absolute atomic E-state index is 12.2. The van der Waals surface area contributed by atoms with Gasteiger partial charge >= 0.3 is 0 Å². The summed E-state index contributed by atoms with van der Waals surface area (Å²) < 4.78 is 27.7. The van der Waals surface area contributed by atoms with Crippen LogP contribution in [0, 0.1) is 0 Å². The zero-order valence-corrected chi connectivity index (χ0v) is 14.3. The van der Waals surface area contributed by atoms with Gasteiger partial charge < -0.3 is 4.90 Å². The molecule has 0 saturated carbocycles. The van der Waals surface area contributed by atoms with Gasteiger partial charge in [0.25, 0.3) is 10.0 Å². The molecule has 3 rings (SSSR count). The first-order valence-electron chi connectivity index (χ1n) is 7.18. The van der Waals surface area contributed by atoms with E-state index in [-0.39, 0.29) is 4.21 Å². The maximum atomic E-state index is 12.2. The fourth-order valence-corrected chi connectivity index (χ4v) is 5.08. The Balaban J connectivity index is 1.73. The summed E-state index contributed by atoms with van der Waals surface area (Å²) in [5.74, 6) is 0. The fourth-order valence-electron chi connectivity index (χ4n) is 2.54. The number of halogens is 1. The lowest BCUT2D eigenvalue weighted by molar-refractivity contribution is 0.578. The molecule has 0 spiro atoms. The molecule has 4 nitrogen and oxygen atoms in total. The average molecular weight is 357 g/mol. The standard InChI is InChI=1S/C15H17ClN2O2S2/c16-14-8-9-15(21-14)22(19,20)17-12-4-6-13(7-5-12)18-10-2-1-3-11-18/h4-9,17H,1-3,10-11H2. The van der Waals surface area contributed by atoms with E-state index in [1.54, 1.807) is 18.2 Å². The summed E-state index contributed by atoms with van der Waals surface area (Å²) in [5.41, 5.74) is 1.70. The molecule has 1 saturated heterocycles. The van der Waals surface area contributed by atoms with Crippen molar-refractivity contribution in [2.45, 2.75) is 23.5 Å². The summed E-state index contributed by atoms with van der Waals surface area (Å²) in [6, 6.07) is 10.6. The van der Waals surface area contributed by atoms with Gasteiger partial charge in [-0.1, -0.05) is 11.6 Å². The van der Waals surface area contributed by atoms with Gasteiger partial charge in [0.2, 0.25) is 0 Å². The van der Waals surface area contributed by atoms with Gasteiger partial charge in [0.1, 0.15) is 4.21 Å². The minimum absolute atomic E-state index is 0.220. The van der Waals surface area contributed by atoms with Crippen molar-refractivity contribution in [1.82, 2.24) is 0 Å². The Hall–Kier alpha value is -1.24. The maximum Gasteiger partial charge on any atom is 0.271 e. The lowest BCUT2D eigenvalue weighted by Gasteiger charge is -2.28. The van der Waals surface area contributed by atoms with E-state index in [1.165, 1.54) is 25.3 Å². The van der Waals surface area contributed by atoms with E-state index in [0.29, 0.717) is 10.0 Å². The number of anilines is 2. The molecule has 1 N–H and O–H groups in total. The number of rotatable bonds is 4. The van der Waals surface area contributed by atoms with Crippen LogP contribution in [0.2, 0.25) is 4.34 Å². The van der Waals surface area contributed by atoms with Crippen molar-refractivity contribution in [1.29, 1.82) is 0 Å². The van der Waals surface area contributed by atoms with E-state index in [2.05, 4.69) is 9.62 Å². The minimum atomic E-state index is -3.56. The van der Waals surface area contributed by atoms with Crippen molar-refractivity contribution in [3.8, 4) is 0 Å². The van der Waals surface area contributed by atoms with Crippen LogP contribution >= 0.6 is 22.9 Å². The van der Waals surface area contributed by atoms with Gasteiger partial charge in [-0.15, -0.1) is 11.3 Å². The molecule has 2 aromatic rings. The van der Waals surface area contributed by atoms with E-state index in [0.717, 1.165) is 30.1 Å². The van der Waals surface area contributed by atoms with Crippen molar-refractivity contribution in [3.63, 3.8) is 0 Å². The van der Waals surface area contributed by atoms with Crippen LogP contribution < -0.4 is 9.62 Å². The number of sulfonamides is 1. The fraction of sp³-hybridized carbons (Fsp3) is 0.333. The van der Waals surface area contributed by atoms with E-state index in [9.17, 15) is 8.42 Å². The Bertz CT molecular complexity index is 735. The molecule has 1 aliphatic rings. The molecule has 118 valence electrons. The molecule has 2 heterocycles. The largest absolute Gasteiger partial charge is 0.372 e. The molecular formula is C15H17ClN2O2S2. The van der Waals surface area contributed by atoms with Gasteiger partial charge in [0, 0.05) is 24.5 Å². The first-order valence-corrected chi connectivity index (χ1v) is 9.85. The lowest BCUT2D eigenvalue weighted by Crippen LogP contribution is -2.29. The molecule has 1 aromatic carbocycles. The van der Waals surface area contributed by atoms with Gasteiger partial charge in [-0.05, 0) is 55.7 Å². The second kappa shape index (κ2) is 6.48. The zero-order chi connectivity index (χ0) is 15.6. The average Bonchev–Trinajstić information content (AvgIpc) is 2.96. The van der Waals surface area contributed by atoms with Crippen molar-refractivity contribution < 1.29 is 8.42 Å². The van der Waals surface area contributed by atoms with E-state index in [4.69, 9.17) is 11.6 Å². The normalized spacial score (nSPS) is 15.8. The molecule has 0 unspecified atom stereocenters. The molecule has 7 heteroatoms.